The molecule has 0 bridgehead atoms. The third-order valence-electron chi connectivity index (χ3n) is 3.35. The zero-order valence-corrected chi connectivity index (χ0v) is 12.3. The number of hydrogen-bond acceptors (Lipinski definition) is 4. The fourth-order valence-electron chi connectivity index (χ4n) is 2.23. The predicted octanol–water partition coefficient (Wildman–Crippen LogP) is 0.851. The van der Waals surface area contributed by atoms with Crippen LogP contribution in [0.2, 0.25) is 0 Å². The lowest BCUT2D eigenvalue weighted by atomic mass is 10.2. The molecule has 1 aromatic carbocycles. The van der Waals surface area contributed by atoms with Crippen LogP contribution in [0.3, 0.4) is 0 Å². The van der Waals surface area contributed by atoms with Crippen LogP contribution in [0.5, 0.6) is 0 Å². The first-order valence-corrected chi connectivity index (χ1v) is 9.30. The number of sulfonamides is 1. The van der Waals surface area contributed by atoms with Crippen LogP contribution in [0.1, 0.15) is 18.4 Å². The van der Waals surface area contributed by atoms with E-state index < -0.39 is 25.1 Å². The van der Waals surface area contributed by atoms with E-state index in [2.05, 4.69) is 4.72 Å². The van der Waals surface area contributed by atoms with E-state index in [1.807, 2.05) is 0 Å². The van der Waals surface area contributed by atoms with Crippen LogP contribution >= 0.6 is 0 Å². The molecular formula is C12H17NO4S2. The minimum absolute atomic E-state index is 0.0427. The number of benzene rings is 1. The normalized spacial score (nSPS) is 22.5. The second-order valence-electron chi connectivity index (χ2n) is 4.75. The van der Waals surface area contributed by atoms with E-state index in [4.69, 9.17) is 0 Å². The molecule has 1 N–H and O–H groups in total. The van der Waals surface area contributed by atoms with Gasteiger partial charge in [0.15, 0.2) is 9.84 Å². The highest BCUT2D eigenvalue weighted by atomic mass is 32.2. The van der Waals surface area contributed by atoms with Crippen LogP contribution in [-0.4, -0.2) is 34.4 Å². The van der Waals surface area contributed by atoms with Gasteiger partial charge in [-0.3, -0.25) is 0 Å². The molecule has 0 radical (unpaired) electrons. The Labute approximate surface area is 114 Å². The Kier molecular flexibility index (Phi) is 3.98. The SMILES string of the molecule is Cc1ccccc1S(=O)(=O)NCC1CCCS1(=O)=O. The first-order valence-electron chi connectivity index (χ1n) is 6.10. The molecule has 5 nitrogen and oxygen atoms in total. The fourth-order valence-corrected chi connectivity index (χ4v) is 5.42. The molecule has 2 rings (SSSR count). The fraction of sp³-hybridized carbons (Fsp3) is 0.500. The molecular weight excluding hydrogens is 286 g/mol. The van der Waals surface area contributed by atoms with E-state index >= 15 is 0 Å². The highest BCUT2D eigenvalue weighted by Gasteiger charge is 2.32. The van der Waals surface area contributed by atoms with Gasteiger partial charge in [-0.1, -0.05) is 18.2 Å². The molecule has 1 aliphatic rings. The minimum Gasteiger partial charge on any atom is -0.229 e. The summed E-state index contributed by atoms with van der Waals surface area (Å²) in [6.07, 6.45) is 1.14. The average molecular weight is 303 g/mol. The van der Waals surface area contributed by atoms with E-state index in [-0.39, 0.29) is 17.2 Å². The number of nitrogens with one attached hydrogen (secondary N) is 1. The van der Waals surface area contributed by atoms with Gasteiger partial charge in [0.2, 0.25) is 10.0 Å². The van der Waals surface area contributed by atoms with Gasteiger partial charge in [-0.15, -0.1) is 0 Å². The van der Waals surface area contributed by atoms with E-state index in [1.165, 1.54) is 6.07 Å². The third kappa shape index (κ3) is 3.16. The molecule has 1 fully saturated rings. The van der Waals surface area contributed by atoms with E-state index in [0.717, 1.165) is 0 Å². The highest BCUT2D eigenvalue weighted by Crippen LogP contribution is 2.20. The molecule has 7 heteroatoms. The quantitative estimate of drug-likeness (QED) is 0.894. The van der Waals surface area contributed by atoms with Crippen molar-refractivity contribution in [1.82, 2.24) is 4.72 Å². The summed E-state index contributed by atoms with van der Waals surface area (Å²) in [5.41, 5.74) is 0.643. The Morgan fingerprint density at radius 3 is 2.58 bits per heavy atom. The largest absolute Gasteiger partial charge is 0.240 e. The lowest BCUT2D eigenvalue weighted by Gasteiger charge is -2.12. The summed E-state index contributed by atoms with van der Waals surface area (Å²) in [4.78, 5) is 0.199. The van der Waals surface area contributed by atoms with Crippen LogP contribution < -0.4 is 4.72 Å². The average Bonchev–Trinajstić information content (AvgIpc) is 2.66. The molecule has 0 saturated carbocycles. The Balaban J connectivity index is 2.13. The Bertz CT molecular complexity index is 665. The Hall–Kier alpha value is -0.920. The maximum Gasteiger partial charge on any atom is 0.240 e. The van der Waals surface area contributed by atoms with E-state index in [9.17, 15) is 16.8 Å². The molecule has 1 aromatic rings. The van der Waals surface area contributed by atoms with Crippen molar-refractivity contribution in [1.29, 1.82) is 0 Å². The van der Waals surface area contributed by atoms with Gasteiger partial charge in [0.05, 0.1) is 15.9 Å². The number of hydrogen-bond donors (Lipinski definition) is 1. The molecule has 1 atom stereocenters. The Morgan fingerprint density at radius 1 is 1.32 bits per heavy atom. The summed E-state index contributed by atoms with van der Waals surface area (Å²) in [6, 6.07) is 6.63. The maximum atomic E-state index is 12.1. The van der Waals surface area contributed by atoms with Crippen molar-refractivity contribution in [3.8, 4) is 0 Å². The molecule has 19 heavy (non-hydrogen) atoms. The van der Waals surface area contributed by atoms with Gasteiger partial charge < -0.3 is 0 Å². The van der Waals surface area contributed by atoms with Crippen LogP contribution in [0.15, 0.2) is 29.2 Å². The molecule has 0 aromatic heterocycles. The molecule has 0 amide bonds. The van der Waals surface area contributed by atoms with Crippen molar-refractivity contribution in [2.45, 2.75) is 29.9 Å². The number of aryl methyl sites for hydroxylation is 1. The van der Waals surface area contributed by atoms with Crippen LogP contribution in [-0.2, 0) is 19.9 Å². The summed E-state index contributed by atoms with van der Waals surface area (Å²) in [5, 5.41) is -0.591. The first kappa shape index (κ1) is 14.5. The van der Waals surface area contributed by atoms with Crippen molar-refractivity contribution in [2.24, 2.45) is 0 Å². The maximum absolute atomic E-state index is 12.1. The van der Waals surface area contributed by atoms with Gasteiger partial charge in [-0.05, 0) is 31.4 Å². The van der Waals surface area contributed by atoms with Gasteiger partial charge in [-0.25, -0.2) is 21.6 Å². The van der Waals surface area contributed by atoms with Gasteiger partial charge in [0.1, 0.15) is 0 Å². The third-order valence-corrected chi connectivity index (χ3v) is 7.21. The second-order valence-corrected chi connectivity index (χ2v) is 8.88. The lowest BCUT2D eigenvalue weighted by Crippen LogP contribution is -2.34. The van der Waals surface area contributed by atoms with Crippen LogP contribution in [0.25, 0.3) is 0 Å². The Morgan fingerprint density at radius 2 is 2.00 bits per heavy atom. The molecule has 0 spiro atoms. The zero-order valence-electron chi connectivity index (χ0n) is 10.7. The number of sulfone groups is 1. The molecule has 106 valence electrons. The predicted molar refractivity (Wildman–Crippen MR) is 73.2 cm³/mol. The summed E-state index contributed by atoms with van der Waals surface area (Å²) < 4.78 is 49.9. The smallest absolute Gasteiger partial charge is 0.229 e. The van der Waals surface area contributed by atoms with Crippen molar-refractivity contribution >= 4 is 19.9 Å². The summed E-state index contributed by atoms with van der Waals surface area (Å²) in [6.45, 7) is 1.67. The van der Waals surface area contributed by atoms with Gasteiger partial charge >= 0.3 is 0 Å². The minimum atomic E-state index is -3.64. The monoisotopic (exact) mass is 303 g/mol. The standard InChI is InChI=1S/C12H17NO4S2/c1-10-5-2-3-7-12(10)19(16,17)13-9-11-6-4-8-18(11,14)15/h2-3,5,7,11,13H,4,6,8-9H2,1H3. The topological polar surface area (TPSA) is 80.3 Å². The number of rotatable bonds is 4. The lowest BCUT2D eigenvalue weighted by molar-refractivity contribution is 0.570. The van der Waals surface area contributed by atoms with Gasteiger partial charge in [-0.2, -0.15) is 0 Å². The van der Waals surface area contributed by atoms with Gasteiger partial charge in [0.25, 0.3) is 0 Å². The van der Waals surface area contributed by atoms with Crippen molar-refractivity contribution in [3.05, 3.63) is 29.8 Å². The first-order chi connectivity index (χ1) is 8.83. The molecule has 0 aliphatic carbocycles. The van der Waals surface area contributed by atoms with Crippen molar-refractivity contribution < 1.29 is 16.8 Å². The van der Waals surface area contributed by atoms with E-state index in [1.54, 1.807) is 25.1 Å². The molecule has 1 heterocycles. The van der Waals surface area contributed by atoms with Gasteiger partial charge in [0, 0.05) is 6.54 Å². The summed E-state index contributed by atoms with van der Waals surface area (Å²) >= 11 is 0. The van der Waals surface area contributed by atoms with Crippen molar-refractivity contribution in [3.63, 3.8) is 0 Å². The van der Waals surface area contributed by atoms with Crippen LogP contribution in [0.4, 0.5) is 0 Å². The molecule has 1 unspecified atom stereocenters. The highest BCUT2D eigenvalue weighted by molar-refractivity contribution is 7.92. The zero-order chi connectivity index (χ0) is 14.1. The summed E-state index contributed by atoms with van der Waals surface area (Å²) in [5.74, 6) is 0.157. The second kappa shape index (κ2) is 5.22. The summed E-state index contributed by atoms with van der Waals surface area (Å²) in [7, 11) is -6.77. The molecule has 1 saturated heterocycles. The molecule has 1 aliphatic heterocycles. The van der Waals surface area contributed by atoms with Crippen molar-refractivity contribution in [2.75, 3.05) is 12.3 Å². The van der Waals surface area contributed by atoms with Crippen LogP contribution in [0, 0.1) is 6.92 Å². The van der Waals surface area contributed by atoms with E-state index in [0.29, 0.717) is 18.4 Å².